The van der Waals surface area contributed by atoms with Crippen molar-refractivity contribution < 1.29 is 14.3 Å². The largest absolute Gasteiger partial charge is 0.393 e. The fourth-order valence-electron chi connectivity index (χ4n) is 2.40. The summed E-state index contributed by atoms with van der Waals surface area (Å²) in [7, 11) is 0. The van der Waals surface area contributed by atoms with Crippen molar-refractivity contribution >= 4 is 11.9 Å². The lowest BCUT2D eigenvalue weighted by Gasteiger charge is -2.20. The molecule has 3 heteroatoms. The summed E-state index contributed by atoms with van der Waals surface area (Å²) in [4.78, 5) is 22.5. The van der Waals surface area contributed by atoms with Gasteiger partial charge in [-0.2, -0.15) is 0 Å². The van der Waals surface area contributed by atoms with Crippen LogP contribution in [0.25, 0.3) is 0 Å². The van der Waals surface area contributed by atoms with Gasteiger partial charge in [0, 0.05) is 5.92 Å². The molecule has 0 unspecified atom stereocenters. The van der Waals surface area contributed by atoms with Crippen LogP contribution in [0.4, 0.5) is 0 Å². The summed E-state index contributed by atoms with van der Waals surface area (Å²) < 4.78 is 4.55. The summed E-state index contributed by atoms with van der Waals surface area (Å²) in [6.07, 6.45) is 3.16. The fraction of sp³-hybridized carbons (Fsp3) is 0.429. The van der Waals surface area contributed by atoms with Crippen molar-refractivity contribution in [3.63, 3.8) is 0 Å². The van der Waals surface area contributed by atoms with Gasteiger partial charge in [-0.1, -0.05) is 24.3 Å². The zero-order valence-electron chi connectivity index (χ0n) is 9.52. The molecule has 1 saturated heterocycles. The molecule has 0 atom stereocenters. The molecule has 3 rings (SSSR count). The van der Waals surface area contributed by atoms with Crippen LogP contribution in [0.1, 0.15) is 48.6 Å². The van der Waals surface area contributed by atoms with Gasteiger partial charge in [0.15, 0.2) is 0 Å². The summed E-state index contributed by atoms with van der Waals surface area (Å²) in [5.74, 6) is -0.102. The van der Waals surface area contributed by atoms with Gasteiger partial charge in [-0.15, -0.1) is 0 Å². The highest BCUT2D eigenvalue weighted by molar-refractivity contribution is 5.89. The number of hydrogen-bond donors (Lipinski definition) is 0. The van der Waals surface area contributed by atoms with E-state index in [1.165, 1.54) is 18.4 Å². The molecule has 1 heterocycles. The molecular weight excluding hydrogens is 216 g/mol. The lowest BCUT2D eigenvalue weighted by Crippen LogP contribution is -2.24. The van der Waals surface area contributed by atoms with Gasteiger partial charge in [-0.3, -0.25) is 9.59 Å². The van der Waals surface area contributed by atoms with Gasteiger partial charge >= 0.3 is 11.9 Å². The Hall–Kier alpha value is -1.64. The molecule has 88 valence electrons. The summed E-state index contributed by atoms with van der Waals surface area (Å²) in [6, 6.07) is 8.30. The van der Waals surface area contributed by atoms with Gasteiger partial charge in [0.05, 0.1) is 12.8 Å². The van der Waals surface area contributed by atoms with Crippen LogP contribution in [-0.2, 0) is 14.3 Å². The molecule has 1 aromatic rings. The second-order valence-electron chi connectivity index (χ2n) is 4.90. The molecule has 0 N–H and O–H groups in total. The molecule has 1 aliphatic carbocycles. The van der Waals surface area contributed by atoms with E-state index in [2.05, 4.69) is 16.9 Å². The zero-order chi connectivity index (χ0) is 11.8. The molecule has 0 spiro atoms. The Morgan fingerprint density at radius 3 is 2.12 bits per heavy atom. The Morgan fingerprint density at radius 1 is 0.941 bits per heavy atom. The Labute approximate surface area is 99.8 Å². The number of carbonyl (C=O) groups excluding carboxylic acids is 2. The Kier molecular flexibility index (Phi) is 2.46. The number of cyclic esters (lactones) is 2. The van der Waals surface area contributed by atoms with Gasteiger partial charge in [-0.05, 0) is 29.9 Å². The van der Waals surface area contributed by atoms with Gasteiger partial charge in [-0.25, -0.2) is 0 Å². The first-order chi connectivity index (χ1) is 8.22. The van der Waals surface area contributed by atoms with Crippen LogP contribution in [-0.4, -0.2) is 11.9 Å². The molecule has 2 fully saturated rings. The third-order valence-electron chi connectivity index (χ3n) is 3.48. The van der Waals surface area contributed by atoms with Crippen LogP contribution in [0, 0.1) is 0 Å². The van der Waals surface area contributed by atoms with E-state index in [0.29, 0.717) is 18.8 Å². The van der Waals surface area contributed by atoms with Crippen LogP contribution in [0.15, 0.2) is 24.3 Å². The number of hydrogen-bond acceptors (Lipinski definition) is 3. The smallest absolute Gasteiger partial charge is 0.314 e. The molecule has 2 aliphatic rings. The van der Waals surface area contributed by atoms with Crippen LogP contribution in [0.3, 0.4) is 0 Å². The van der Waals surface area contributed by atoms with Crippen LogP contribution in [0.5, 0.6) is 0 Å². The first kappa shape index (κ1) is 10.5. The topological polar surface area (TPSA) is 43.4 Å². The fourth-order valence-corrected chi connectivity index (χ4v) is 2.40. The quantitative estimate of drug-likeness (QED) is 0.579. The molecule has 0 amide bonds. The number of esters is 2. The lowest BCUT2D eigenvalue weighted by molar-refractivity contribution is -0.163. The second kappa shape index (κ2) is 3.99. The Bertz CT molecular complexity index is 458. The van der Waals surface area contributed by atoms with Gasteiger partial charge in [0.2, 0.25) is 0 Å². The monoisotopic (exact) mass is 230 g/mol. The van der Waals surface area contributed by atoms with Crippen molar-refractivity contribution in [2.75, 3.05) is 0 Å². The minimum Gasteiger partial charge on any atom is -0.393 e. The summed E-state index contributed by atoms with van der Waals surface area (Å²) in [5.41, 5.74) is 2.44. The summed E-state index contributed by atoms with van der Waals surface area (Å²) >= 11 is 0. The minimum absolute atomic E-state index is 0.00227. The van der Waals surface area contributed by atoms with Crippen LogP contribution in [0.2, 0.25) is 0 Å². The van der Waals surface area contributed by atoms with Gasteiger partial charge in [0.25, 0.3) is 0 Å². The van der Waals surface area contributed by atoms with Crippen molar-refractivity contribution in [3.8, 4) is 0 Å². The molecule has 0 aromatic heterocycles. The molecule has 1 aliphatic heterocycles. The highest BCUT2D eigenvalue weighted by Gasteiger charge is 2.29. The van der Waals surface area contributed by atoms with Crippen molar-refractivity contribution in [1.29, 1.82) is 0 Å². The Balaban J connectivity index is 1.84. The van der Waals surface area contributed by atoms with E-state index in [9.17, 15) is 9.59 Å². The number of carbonyl (C=O) groups is 2. The minimum atomic E-state index is -0.400. The van der Waals surface area contributed by atoms with E-state index in [0.717, 1.165) is 5.56 Å². The maximum Gasteiger partial charge on any atom is 0.314 e. The van der Waals surface area contributed by atoms with Crippen LogP contribution < -0.4 is 0 Å². The average Bonchev–Trinajstić information content (AvgIpc) is 3.12. The third-order valence-corrected chi connectivity index (χ3v) is 3.48. The van der Waals surface area contributed by atoms with E-state index < -0.39 is 11.9 Å². The predicted molar refractivity (Wildman–Crippen MR) is 61.5 cm³/mol. The number of ether oxygens (including phenoxy) is 1. The molecule has 3 nitrogen and oxygen atoms in total. The van der Waals surface area contributed by atoms with E-state index in [1.807, 2.05) is 12.1 Å². The molecule has 17 heavy (non-hydrogen) atoms. The molecule has 0 bridgehead atoms. The van der Waals surface area contributed by atoms with Gasteiger partial charge in [0.1, 0.15) is 0 Å². The molecule has 1 aromatic carbocycles. The molecular formula is C14H14O3. The van der Waals surface area contributed by atoms with Crippen molar-refractivity contribution in [2.45, 2.75) is 37.5 Å². The second-order valence-corrected chi connectivity index (χ2v) is 4.90. The molecule has 1 saturated carbocycles. The SMILES string of the molecule is O=C1CC(c2cccc(C3CC3)c2)CC(=O)O1. The number of rotatable bonds is 2. The summed E-state index contributed by atoms with van der Waals surface area (Å²) in [6.45, 7) is 0. The predicted octanol–water partition coefficient (Wildman–Crippen LogP) is 2.51. The van der Waals surface area contributed by atoms with Crippen LogP contribution >= 0.6 is 0 Å². The summed E-state index contributed by atoms with van der Waals surface area (Å²) in [5, 5.41) is 0. The highest BCUT2D eigenvalue weighted by Crippen LogP contribution is 2.41. The van der Waals surface area contributed by atoms with Gasteiger partial charge < -0.3 is 4.74 Å². The standard InChI is InChI=1S/C14H14O3/c15-13-7-12(8-14(16)17-13)11-3-1-2-10(6-11)9-4-5-9/h1-3,6,9,12H,4-5,7-8H2. The van der Waals surface area contributed by atoms with Crippen molar-refractivity contribution in [3.05, 3.63) is 35.4 Å². The van der Waals surface area contributed by atoms with E-state index in [4.69, 9.17) is 0 Å². The first-order valence-electron chi connectivity index (χ1n) is 6.06. The van der Waals surface area contributed by atoms with E-state index in [-0.39, 0.29) is 5.92 Å². The third kappa shape index (κ3) is 2.23. The van der Waals surface area contributed by atoms with E-state index in [1.54, 1.807) is 0 Å². The number of benzene rings is 1. The Morgan fingerprint density at radius 2 is 1.53 bits per heavy atom. The maximum atomic E-state index is 11.2. The highest BCUT2D eigenvalue weighted by atomic mass is 16.6. The normalized spacial score (nSPS) is 21.4. The zero-order valence-corrected chi connectivity index (χ0v) is 9.52. The van der Waals surface area contributed by atoms with Crippen molar-refractivity contribution in [1.82, 2.24) is 0 Å². The average molecular weight is 230 g/mol. The maximum absolute atomic E-state index is 11.2. The van der Waals surface area contributed by atoms with E-state index >= 15 is 0 Å². The first-order valence-corrected chi connectivity index (χ1v) is 6.06. The van der Waals surface area contributed by atoms with Crippen molar-refractivity contribution in [2.24, 2.45) is 0 Å². The lowest BCUT2D eigenvalue weighted by atomic mass is 9.89. The molecule has 0 radical (unpaired) electrons.